The van der Waals surface area contributed by atoms with Crippen LogP contribution in [0.5, 0.6) is 0 Å². The number of rotatable bonds is 2. The molecule has 0 spiro atoms. The van der Waals surface area contributed by atoms with Crippen molar-refractivity contribution in [2.24, 2.45) is 5.41 Å². The van der Waals surface area contributed by atoms with Crippen molar-refractivity contribution in [3.05, 3.63) is 71.3 Å². The SMILES string of the molecule is C[C@]12CCCN(C(=O)OCc3ccccc3)[C@@]1(C)c1ccccc1C2. The summed E-state index contributed by atoms with van der Waals surface area (Å²) in [5, 5.41) is 0. The van der Waals surface area contributed by atoms with Crippen molar-refractivity contribution in [3.8, 4) is 0 Å². The van der Waals surface area contributed by atoms with Crippen LogP contribution >= 0.6 is 0 Å². The minimum Gasteiger partial charge on any atom is -0.445 e. The zero-order valence-electron chi connectivity index (χ0n) is 15.0. The topological polar surface area (TPSA) is 29.5 Å². The lowest BCUT2D eigenvalue weighted by Gasteiger charge is -2.52. The standard InChI is InChI=1S/C22H25NO2/c1-21-13-8-14-23(20(24)25-16-17-9-4-3-5-10-17)22(21,2)19-12-7-6-11-18(19)15-21/h3-7,9-12H,8,13-16H2,1-2H3/t21-,22+/m1/s1. The molecule has 1 aliphatic heterocycles. The van der Waals surface area contributed by atoms with Crippen molar-refractivity contribution in [2.45, 2.75) is 45.3 Å². The second-order valence-corrected chi connectivity index (χ2v) is 7.76. The van der Waals surface area contributed by atoms with E-state index in [9.17, 15) is 4.79 Å². The molecule has 0 unspecified atom stereocenters. The maximum Gasteiger partial charge on any atom is 0.410 e. The Bertz CT molecular complexity index is 788. The highest BCUT2D eigenvalue weighted by atomic mass is 16.6. The molecule has 2 aromatic rings. The minimum absolute atomic E-state index is 0.0701. The Kier molecular flexibility index (Phi) is 3.82. The molecule has 25 heavy (non-hydrogen) atoms. The van der Waals surface area contributed by atoms with E-state index in [1.165, 1.54) is 11.1 Å². The first-order chi connectivity index (χ1) is 12.0. The summed E-state index contributed by atoms with van der Waals surface area (Å²) in [6.07, 6.45) is 3.00. The summed E-state index contributed by atoms with van der Waals surface area (Å²) < 4.78 is 5.69. The predicted octanol–water partition coefficient (Wildman–Crippen LogP) is 4.90. The Morgan fingerprint density at radius 2 is 1.80 bits per heavy atom. The fourth-order valence-corrected chi connectivity index (χ4v) is 4.79. The van der Waals surface area contributed by atoms with Gasteiger partial charge < -0.3 is 4.74 Å². The molecular formula is C22H25NO2. The van der Waals surface area contributed by atoms with E-state index >= 15 is 0 Å². The van der Waals surface area contributed by atoms with Gasteiger partial charge in [-0.25, -0.2) is 4.79 Å². The van der Waals surface area contributed by atoms with Crippen LogP contribution < -0.4 is 0 Å². The number of piperidine rings is 1. The molecule has 4 rings (SSSR count). The Morgan fingerprint density at radius 3 is 2.60 bits per heavy atom. The smallest absolute Gasteiger partial charge is 0.410 e. The summed E-state index contributed by atoms with van der Waals surface area (Å²) in [5.41, 5.74) is 3.45. The van der Waals surface area contributed by atoms with Crippen molar-refractivity contribution >= 4 is 6.09 Å². The average molecular weight is 335 g/mol. The number of carbonyl (C=O) groups is 1. The van der Waals surface area contributed by atoms with Crippen molar-refractivity contribution in [2.75, 3.05) is 6.54 Å². The summed E-state index contributed by atoms with van der Waals surface area (Å²) in [4.78, 5) is 15.0. The zero-order chi connectivity index (χ0) is 17.5. The van der Waals surface area contributed by atoms with E-state index < -0.39 is 0 Å². The van der Waals surface area contributed by atoms with E-state index in [1.807, 2.05) is 35.2 Å². The molecule has 1 saturated heterocycles. The highest BCUT2D eigenvalue weighted by Crippen LogP contribution is 2.58. The normalized spacial score (nSPS) is 27.5. The Morgan fingerprint density at radius 1 is 1.08 bits per heavy atom. The largest absolute Gasteiger partial charge is 0.445 e. The van der Waals surface area contributed by atoms with Crippen LogP contribution in [0.1, 0.15) is 43.4 Å². The summed E-state index contributed by atoms with van der Waals surface area (Å²) in [5.74, 6) is 0. The number of benzene rings is 2. The molecule has 0 aromatic heterocycles. The molecule has 2 atom stereocenters. The molecule has 3 nitrogen and oxygen atoms in total. The van der Waals surface area contributed by atoms with Crippen LogP contribution in [0.25, 0.3) is 0 Å². The summed E-state index contributed by atoms with van der Waals surface area (Å²) in [7, 11) is 0. The molecule has 0 bridgehead atoms. The Hall–Kier alpha value is -2.29. The lowest BCUT2D eigenvalue weighted by Crippen LogP contribution is -2.58. The summed E-state index contributed by atoms with van der Waals surface area (Å²) >= 11 is 0. The molecule has 1 amide bonds. The molecule has 1 aliphatic carbocycles. The highest BCUT2D eigenvalue weighted by molar-refractivity contribution is 5.70. The number of hydrogen-bond acceptors (Lipinski definition) is 2. The fourth-order valence-electron chi connectivity index (χ4n) is 4.79. The molecule has 2 aromatic carbocycles. The third kappa shape index (κ3) is 2.45. The second kappa shape index (κ2) is 5.91. The van der Waals surface area contributed by atoms with Gasteiger partial charge in [0.25, 0.3) is 0 Å². The third-order valence-electron chi connectivity index (χ3n) is 6.37. The molecule has 0 saturated carbocycles. The maximum absolute atomic E-state index is 13.0. The van der Waals surface area contributed by atoms with Gasteiger partial charge in [-0.05, 0) is 48.3 Å². The molecular weight excluding hydrogens is 310 g/mol. The van der Waals surface area contributed by atoms with Crippen LogP contribution in [0.3, 0.4) is 0 Å². The van der Waals surface area contributed by atoms with Crippen molar-refractivity contribution in [1.29, 1.82) is 0 Å². The van der Waals surface area contributed by atoms with Gasteiger partial charge in [0.2, 0.25) is 0 Å². The van der Waals surface area contributed by atoms with Crippen LogP contribution in [0.2, 0.25) is 0 Å². The van der Waals surface area contributed by atoms with E-state index in [0.29, 0.717) is 6.61 Å². The summed E-state index contributed by atoms with van der Waals surface area (Å²) in [6.45, 7) is 5.63. The van der Waals surface area contributed by atoms with Gasteiger partial charge in [-0.15, -0.1) is 0 Å². The molecule has 0 radical (unpaired) electrons. The Balaban J connectivity index is 1.62. The zero-order valence-corrected chi connectivity index (χ0v) is 15.0. The van der Waals surface area contributed by atoms with Gasteiger partial charge in [0.1, 0.15) is 6.61 Å². The van der Waals surface area contributed by atoms with Gasteiger partial charge in [-0.1, -0.05) is 61.5 Å². The van der Waals surface area contributed by atoms with Gasteiger partial charge in [0.15, 0.2) is 0 Å². The van der Waals surface area contributed by atoms with Crippen LogP contribution in [-0.4, -0.2) is 17.5 Å². The highest BCUT2D eigenvalue weighted by Gasteiger charge is 2.58. The van der Waals surface area contributed by atoms with Gasteiger partial charge in [-0.2, -0.15) is 0 Å². The van der Waals surface area contributed by atoms with Crippen molar-refractivity contribution < 1.29 is 9.53 Å². The van der Waals surface area contributed by atoms with E-state index in [2.05, 4.69) is 38.1 Å². The van der Waals surface area contributed by atoms with Crippen molar-refractivity contribution in [1.82, 2.24) is 4.90 Å². The lowest BCUT2D eigenvalue weighted by molar-refractivity contribution is -0.0418. The monoisotopic (exact) mass is 335 g/mol. The van der Waals surface area contributed by atoms with E-state index in [-0.39, 0.29) is 17.0 Å². The third-order valence-corrected chi connectivity index (χ3v) is 6.37. The molecule has 1 heterocycles. The average Bonchev–Trinajstić information content (AvgIpc) is 2.87. The number of fused-ring (bicyclic) bond motifs is 3. The molecule has 2 aliphatic rings. The molecule has 3 heteroatoms. The maximum atomic E-state index is 13.0. The van der Waals surface area contributed by atoms with Crippen LogP contribution in [-0.2, 0) is 23.3 Å². The van der Waals surface area contributed by atoms with Crippen LogP contribution in [0.15, 0.2) is 54.6 Å². The number of carbonyl (C=O) groups excluding carboxylic acids is 1. The van der Waals surface area contributed by atoms with Gasteiger partial charge in [-0.3, -0.25) is 4.90 Å². The van der Waals surface area contributed by atoms with E-state index in [4.69, 9.17) is 4.74 Å². The van der Waals surface area contributed by atoms with E-state index in [0.717, 1.165) is 31.4 Å². The van der Waals surface area contributed by atoms with Crippen LogP contribution in [0, 0.1) is 5.41 Å². The quantitative estimate of drug-likeness (QED) is 0.781. The lowest BCUT2D eigenvalue weighted by atomic mass is 9.66. The summed E-state index contributed by atoms with van der Waals surface area (Å²) in [6, 6.07) is 18.4. The number of ether oxygens (including phenoxy) is 1. The predicted molar refractivity (Wildman–Crippen MR) is 98.2 cm³/mol. The number of amides is 1. The Labute approximate surface area is 149 Å². The van der Waals surface area contributed by atoms with E-state index in [1.54, 1.807) is 0 Å². The van der Waals surface area contributed by atoms with Gasteiger partial charge in [0.05, 0.1) is 5.54 Å². The van der Waals surface area contributed by atoms with Gasteiger partial charge >= 0.3 is 6.09 Å². The molecule has 130 valence electrons. The molecule has 0 N–H and O–H groups in total. The minimum atomic E-state index is -0.296. The first-order valence-electron chi connectivity index (χ1n) is 9.11. The first kappa shape index (κ1) is 16.2. The molecule has 1 fully saturated rings. The van der Waals surface area contributed by atoms with Gasteiger partial charge in [0, 0.05) is 6.54 Å². The number of likely N-dealkylation sites (tertiary alicyclic amines) is 1. The van der Waals surface area contributed by atoms with Crippen LogP contribution in [0.4, 0.5) is 4.79 Å². The number of hydrogen-bond donors (Lipinski definition) is 0. The fraction of sp³-hybridized carbons (Fsp3) is 0.409. The first-order valence-corrected chi connectivity index (χ1v) is 9.11. The van der Waals surface area contributed by atoms with Crippen molar-refractivity contribution in [3.63, 3.8) is 0 Å². The second-order valence-electron chi connectivity index (χ2n) is 7.76. The number of nitrogens with zero attached hydrogens (tertiary/aromatic N) is 1.